The molecule has 1 heterocycles. The Balaban J connectivity index is 2.18. The van der Waals surface area contributed by atoms with Crippen LogP contribution in [0.4, 0.5) is 4.79 Å². The van der Waals surface area contributed by atoms with Crippen LogP contribution < -0.4 is 5.32 Å². The quantitative estimate of drug-likeness (QED) is 0.480. The molecule has 0 spiro atoms. The van der Waals surface area contributed by atoms with Crippen LogP contribution in [0, 0.1) is 5.92 Å². The van der Waals surface area contributed by atoms with Gasteiger partial charge in [-0.3, -0.25) is 0 Å². The Hall–Kier alpha value is -0.260. The topological polar surface area (TPSA) is 38.3 Å². The molecule has 1 amide bonds. The molecule has 2 rings (SSSR count). The Labute approximate surface area is 117 Å². The summed E-state index contributed by atoms with van der Waals surface area (Å²) in [6.45, 7) is 5.80. The standard InChI is InChI=1S/C13H20INO2/c1-3-4-7-11(14)13-8-5-6-10(13)9(2)17-12(16)15-13/h3,9-11H,1,4-8H2,2H3,(H,15,16)/t9-,10-,11+,13-/m1/s1. The van der Waals surface area contributed by atoms with E-state index in [9.17, 15) is 4.79 Å². The maximum absolute atomic E-state index is 11.6. The summed E-state index contributed by atoms with van der Waals surface area (Å²) >= 11 is 2.49. The third-order valence-electron chi connectivity index (χ3n) is 4.14. The van der Waals surface area contributed by atoms with Gasteiger partial charge in [-0.1, -0.05) is 35.1 Å². The summed E-state index contributed by atoms with van der Waals surface area (Å²) < 4.78 is 5.77. The van der Waals surface area contributed by atoms with Crippen molar-refractivity contribution < 1.29 is 9.53 Å². The van der Waals surface area contributed by atoms with Crippen LogP contribution in [0.5, 0.6) is 0 Å². The first-order valence-electron chi connectivity index (χ1n) is 6.34. The summed E-state index contributed by atoms with van der Waals surface area (Å²) in [4.78, 5) is 11.6. The molecule has 0 aromatic carbocycles. The third kappa shape index (κ3) is 2.33. The van der Waals surface area contributed by atoms with Crippen molar-refractivity contribution in [2.24, 2.45) is 5.92 Å². The highest BCUT2D eigenvalue weighted by Crippen LogP contribution is 2.46. The van der Waals surface area contributed by atoms with Crippen LogP contribution in [0.25, 0.3) is 0 Å². The van der Waals surface area contributed by atoms with E-state index in [0.29, 0.717) is 9.84 Å². The van der Waals surface area contributed by atoms with Gasteiger partial charge < -0.3 is 10.1 Å². The van der Waals surface area contributed by atoms with E-state index in [4.69, 9.17) is 4.74 Å². The van der Waals surface area contributed by atoms with Crippen molar-refractivity contribution in [1.29, 1.82) is 0 Å². The smallest absolute Gasteiger partial charge is 0.407 e. The predicted molar refractivity (Wildman–Crippen MR) is 76.4 cm³/mol. The third-order valence-corrected chi connectivity index (χ3v) is 5.88. The van der Waals surface area contributed by atoms with Crippen LogP contribution in [0.2, 0.25) is 0 Å². The zero-order valence-corrected chi connectivity index (χ0v) is 12.4. The lowest BCUT2D eigenvalue weighted by Gasteiger charge is -2.46. The fourth-order valence-electron chi connectivity index (χ4n) is 3.33. The second kappa shape index (κ2) is 5.16. The largest absolute Gasteiger partial charge is 0.446 e. The van der Waals surface area contributed by atoms with Gasteiger partial charge in [-0.25, -0.2) is 4.79 Å². The van der Waals surface area contributed by atoms with Crippen LogP contribution >= 0.6 is 22.6 Å². The zero-order chi connectivity index (χ0) is 12.5. The SMILES string of the molecule is C=CCC[C@H](I)[C@@]12CCC[C@@H]1[C@@H](C)OC(=O)N2. The molecular weight excluding hydrogens is 329 g/mol. The van der Waals surface area contributed by atoms with Gasteiger partial charge in [0, 0.05) is 9.84 Å². The van der Waals surface area contributed by atoms with Gasteiger partial charge in [0.2, 0.25) is 0 Å². The van der Waals surface area contributed by atoms with E-state index in [1.807, 2.05) is 13.0 Å². The molecule has 1 aliphatic heterocycles. The van der Waals surface area contributed by atoms with Gasteiger partial charge in [0.1, 0.15) is 6.10 Å². The number of hydrogen-bond donors (Lipinski definition) is 1. The Morgan fingerprint density at radius 3 is 3.24 bits per heavy atom. The van der Waals surface area contributed by atoms with Crippen LogP contribution in [0.15, 0.2) is 12.7 Å². The molecule has 0 unspecified atom stereocenters. The van der Waals surface area contributed by atoms with Gasteiger partial charge in [-0.05, 0) is 32.6 Å². The molecule has 0 bridgehead atoms. The predicted octanol–water partition coefficient (Wildman–Crippen LogP) is 3.42. The molecule has 1 aliphatic carbocycles. The number of cyclic esters (lactones) is 1. The van der Waals surface area contributed by atoms with Crippen LogP contribution in [0.3, 0.4) is 0 Å². The first kappa shape index (κ1) is 13.2. The normalized spacial score (nSPS) is 37.9. The van der Waals surface area contributed by atoms with Crippen LogP contribution in [-0.4, -0.2) is 21.7 Å². The summed E-state index contributed by atoms with van der Waals surface area (Å²) in [5.74, 6) is 0.465. The maximum atomic E-state index is 11.6. The maximum Gasteiger partial charge on any atom is 0.407 e. The lowest BCUT2D eigenvalue weighted by atomic mass is 9.78. The number of halogens is 1. The minimum atomic E-state index is -0.240. The number of ether oxygens (including phenoxy) is 1. The number of allylic oxidation sites excluding steroid dienone is 1. The summed E-state index contributed by atoms with van der Waals surface area (Å²) in [5.41, 5.74) is -0.0433. The Bertz CT molecular complexity index is 321. The van der Waals surface area contributed by atoms with E-state index in [1.165, 1.54) is 6.42 Å². The number of nitrogens with one attached hydrogen (secondary N) is 1. The Morgan fingerprint density at radius 1 is 1.76 bits per heavy atom. The van der Waals surface area contributed by atoms with Gasteiger partial charge in [0.25, 0.3) is 0 Å². The van der Waals surface area contributed by atoms with E-state index in [0.717, 1.165) is 25.7 Å². The van der Waals surface area contributed by atoms with Crippen LogP contribution in [-0.2, 0) is 4.74 Å². The summed E-state index contributed by atoms with van der Waals surface area (Å²) in [7, 11) is 0. The highest BCUT2D eigenvalue weighted by atomic mass is 127. The molecule has 0 radical (unpaired) electrons. The van der Waals surface area contributed by atoms with Gasteiger partial charge >= 0.3 is 6.09 Å². The number of rotatable bonds is 4. The average molecular weight is 349 g/mol. The lowest BCUT2D eigenvalue weighted by molar-refractivity contribution is 0.00279. The average Bonchev–Trinajstić information content (AvgIpc) is 2.70. The Morgan fingerprint density at radius 2 is 2.53 bits per heavy atom. The minimum absolute atomic E-state index is 0.0433. The molecule has 1 saturated heterocycles. The van der Waals surface area contributed by atoms with Gasteiger partial charge in [-0.2, -0.15) is 0 Å². The van der Waals surface area contributed by atoms with Gasteiger partial charge in [-0.15, -0.1) is 6.58 Å². The van der Waals surface area contributed by atoms with Crippen molar-refractivity contribution in [3.8, 4) is 0 Å². The molecular formula is C13H20INO2. The van der Waals surface area contributed by atoms with Crippen molar-refractivity contribution in [3.63, 3.8) is 0 Å². The summed E-state index contributed by atoms with van der Waals surface area (Å²) in [5, 5.41) is 3.13. The van der Waals surface area contributed by atoms with Crippen molar-refractivity contribution in [1.82, 2.24) is 5.32 Å². The first-order valence-corrected chi connectivity index (χ1v) is 7.58. The number of carbonyl (C=O) groups is 1. The van der Waals surface area contributed by atoms with E-state index in [2.05, 4.69) is 34.5 Å². The van der Waals surface area contributed by atoms with Gasteiger partial charge in [0.05, 0.1) is 5.54 Å². The molecule has 1 saturated carbocycles. The first-order chi connectivity index (χ1) is 8.10. The number of hydrogen-bond acceptors (Lipinski definition) is 2. The molecule has 2 aliphatic rings. The fourth-order valence-corrected chi connectivity index (χ4v) is 4.61. The number of amides is 1. The number of alkyl halides is 1. The second-order valence-corrected chi connectivity index (χ2v) is 6.61. The highest BCUT2D eigenvalue weighted by Gasteiger charge is 2.54. The van der Waals surface area contributed by atoms with E-state index in [-0.39, 0.29) is 17.7 Å². The number of fused-ring (bicyclic) bond motifs is 1. The zero-order valence-electron chi connectivity index (χ0n) is 10.2. The van der Waals surface area contributed by atoms with Crippen molar-refractivity contribution >= 4 is 28.7 Å². The van der Waals surface area contributed by atoms with Crippen molar-refractivity contribution in [2.45, 2.75) is 54.6 Å². The second-order valence-electron chi connectivity index (χ2n) is 5.11. The lowest BCUT2D eigenvalue weighted by Crippen LogP contribution is -2.63. The monoisotopic (exact) mass is 349 g/mol. The molecule has 0 aromatic rings. The molecule has 2 fully saturated rings. The van der Waals surface area contributed by atoms with Gasteiger partial charge in [0.15, 0.2) is 0 Å². The van der Waals surface area contributed by atoms with E-state index >= 15 is 0 Å². The Kier molecular flexibility index (Phi) is 4.00. The fraction of sp³-hybridized carbons (Fsp3) is 0.769. The van der Waals surface area contributed by atoms with E-state index < -0.39 is 0 Å². The number of carbonyl (C=O) groups excluding carboxylic acids is 1. The van der Waals surface area contributed by atoms with E-state index in [1.54, 1.807) is 0 Å². The molecule has 96 valence electrons. The van der Waals surface area contributed by atoms with Crippen molar-refractivity contribution in [3.05, 3.63) is 12.7 Å². The van der Waals surface area contributed by atoms with Crippen molar-refractivity contribution in [2.75, 3.05) is 0 Å². The molecule has 1 N–H and O–H groups in total. The molecule has 4 atom stereocenters. The molecule has 3 nitrogen and oxygen atoms in total. The molecule has 17 heavy (non-hydrogen) atoms. The minimum Gasteiger partial charge on any atom is -0.446 e. The van der Waals surface area contributed by atoms with Crippen LogP contribution in [0.1, 0.15) is 39.0 Å². The number of alkyl carbamates (subject to hydrolysis) is 1. The summed E-state index contributed by atoms with van der Waals surface area (Å²) in [6, 6.07) is 0. The molecule has 0 aromatic heterocycles. The summed E-state index contributed by atoms with van der Waals surface area (Å²) in [6.07, 6.45) is 7.28. The highest BCUT2D eigenvalue weighted by molar-refractivity contribution is 14.1. The molecule has 4 heteroatoms.